The topological polar surface area (TPSA) is 52.6 Å². The molecule has 2 rings (SSSR count). The van der Waals surface area contributed by atoms with Gasteiger partial charge in [0.05, 0.1) is 0 Å². The number of hydrogen-bond acceptors (Lipinski definition) is 4. The van der Waals surface area contributed by atoms with Gasteiger partial charge in [0.1, 0.15) is 4.90 Å². The van der Waals surface area contributed by atoms with E-state index in [4.69, 9.17) is 31.8 Å². The highest BCUT2D eigenvalue weighted by Gasteiger charge is 2.26. The fourth-order valence-electron chi connectivity index (χ4n) is 1.29. The molecular formula is C8H6Cl2O4S. The molecule has 0 atom stereocenters. The van der Waals surface area contributed by atoms with Crippen LogP contribution in [0.1, 0.15) is 5.56 Å². The smallest absolute Gasteiger partial charge is 0.265 e. The molecule has 1 aromatic rings. The minimum Gasteiger partial charge on any atom is -0.454 e. The van der Waals surface area contributed by atoms with Crippen molar-refractivity contribution in [2.75, 3.05) is 6.79 Å². The second kappa shape index (κ2) is 3.73. The summed E-state index contributed by atoms with van der Waals surface area (Å²) in [4.78, 5) is -0.102. The van der Waals surface area contributed by atoms with Crippen molar-refractivity contribution >= 4 is 31.3 Å². The van der Waals surface area contributed by atoms with E-state index in [0.29, 0.717) is 11.3 Å². The largest absolute Gasteiger partial charge is 0.454 e. The summed E-state index contributed by atoms with van der Waals surface area (Å²) in [6.07, 6.45) is 0. The van der Waals surface area contributed by atoms with Crippen molar-refractivity contribution in [2.24, 2.45) is 0 Å². The van der Waals surface area contributed by atoms with Crippen LogP contribution in [0, 0.1) is 0 Å². The third kappa shape index (κ3) is 2.00. The molecule has 0 radical (unpaired) electrons. The van der Waals surface area contributed by atoms with Crippen molar-refractivity contribution in [1.29, 1.82) is 0 Å². The van der Waals surface area contributed by atoms with Crippen molar-refractivity contribution in [3.05, 3.63) is 17.7 Å². The van der Waals surface area contributed by atoms with Crippen molar-refractivity contribution in [2.45, 2.75) is 10.8 Å². The van der Waals surface area contributed by atoms with Crippen molar-refractivity contribution in [3.63, 3.8) is 0 Å². The van der Waals surface area contributed by atoms with E-state index < -0.39 is 9.05 Å². The Bertz CT molecular complexity index is 498. The van der Waals surface area contributed by atoms with E-state index in [0.717, 1.165) is 0 Å². The molecule has 0 aromatic heterocycles. The third-order valence-electron chi connectivity index (χ3n) is 1.92. The van der Waals surface area contributed by atoms with E-state index in [2.05, 4.69) is 0 Å². The molecular weight excluding hydrogens is 263 g/mol. The van der Waals surface area contributed by atoms with Crippen LogP contribution < -0.4 is 9.47 Å². The zero-order chi connectivity index (χ0) is 11.1. The van der Waals surface area contributed by atoms with Crippen molar-refractivity contribution in [1.82, 2.24) is 0 Å². The van der Waals surface area contributed by atoms with Crippen LogP contribution in [-0.2, 0) is 14.9 Å². The quantitative estimate of drug-likeness (QED) is 0.609. The molecule has 0 spiro atoms. The molecule has 0 unspecified atom stereocenters. The maximum Gasteiger partial charge on any atom is 0.265 e. The molecule has 7 heteroatoms. The van der Waals surface area contributed by atoms with Gasteiger partial charge in [0.25, 0.3) is 9.05 Å². The Morgan fingerprint density at radius 1 is 1.33 bits per heavy atom. The highest BCUT2D eigenvalue weighted by atomic mass is 35.7. The molecule has 1 aromatic carbocycles. The molecule has 15 heavy (non-hydrogen) atoms. The molecule has 0 aliphatic carbocycles. The van der Waals surface area contributed by atoms with E-state index in [1.807, 2.05) is 0 Å². The Hall–Kier alpha value is -0.650. The summed E-state index contributed by atoms with van der Waals surface area (Å²) in [6.45, 7) is -0.0134. The number of alkyl halides is 1. The number of benzene rings is 1. The summed E-state index contributed by atoms with van der Waals surface area (Å²) < 4.78 is 32.6. The van der Waals surface area contributed by atoms with E-state index in [1.54, 1.807) is 6.07 Å². The molecule has 4 nitrogen and oxygen atoms in total. The highest BCUT2D eigenvalue weighted by Crippen LogP contribution is 2.40. The van der Waals surface area contributed by atoms with Crippen LogP contribution in [0.2, 0.25) is 0 Å². The second-order valence-electron chi connectivity index (χ2n) is 2.90. The molecule has 1 aliphatic rings. The average Bonchev–Trinajstić information content (AvgIpc) is 2.61. The molecule has 1 heterocycles. The number of rotatable bonds is 2. The molecule has 0 saturated heterocycles. The Labute approximate surface area is 96.1 Å². The Balaban J connectivity index is 2.68. The van der Waals surface area contributed by atoms with E-state index in [-0.39, 0.29) is 23.3 Å². The molecule has 82 valence electrons. The first-order valence-electron chi connectivity index (χ1n) is 3.95. The maximum absolute atomic E-state index is 11.2. The first kappa shape index (κ1) is 10.9. The van der Waals surface area contributed by atoms with Gasteiger partial charge in [-0.05, 0) is 17.7 Å². The van der Waals surface area contributed by atoms with Crippen LogP contribution in [-0.4, -0.2) is 15.2 Å². The Morgan fingerprint density at radius 2 is 2.07 bits per heavy atom. The first-order chi connectivity index (χ1) is 7.02. The lowest BCUT2D eigenvalue weighted by Gasteiger charge is -2.04. The zero-order valence-electron chi connectivity index (χ0n) is 7.37. The number of halogens is 2. The summed E-state index contributed by atoms with van der Waals surface area (Å²) in [7, 11) is 1.41. The van der Waals surface area contributed by atoms with Gasteiger partial charge in [-0.25, -0.2) is 8.42 Å². The summed E-state index contributed by atoms with van der Waals surface area (Å²) in [6, 6.07) is 3.00. The standard InChI is InChI=1S/C8H6Cl2O4S/c9-3-5-1-6-8(14-4-13-6)7(2-5)15(10,11)12/h1-2H,3-4H2. The van der Waals surface area contributed by atoms with Gasteiger partial charge < -0.3 is 9.47 Å². The third-order valence-corrected chi connectivity index (χ3v) is 3.55. The van der Waals surface area contributed by atoms with Crippen LogP contribution in [0.5, 0.6) is 11.5 Å². The van der Waals surface area contributed by atoms with Gasteiger partial charge in [0.2, 0.25) is 6.79 Å². The Kier molecular flexibility index (Phi) is 2.70. The number of ether oxygens (including phenoxy) is 2. The normalized spacial score (nSPS) is 14.3. The minimum atomic E-state index is -3.85. The molecule has 0 bridgehead atoms. The van der Waals surface area contributed by atoms with Gasteiger partial charge in [-0.1, -0.05) is 0 Å². The maximum atomic E-state index is 11.2. The van der Waals surface area contributed by atoms with Gasteiger partial charge in [-0.3, -0.25) is 0 Å². The van der Waals surface area contributed by atoms with Crippen LogP contribution >= 0.6 is 22.3 Å². The molecule has 0 N–H and O–H groups in total. The fraction of sp³-hybridized carbons (Fsp3) is 0.250. The highest BCUT2D eigenvalue weighted by molar-refractivity contribution is 8.13. The molecule has 0 saturated carbocycles. The van der Waals surface area contributed by atoms with E-state index >= 15 is 0 Å². The van der Waals surface area contributed by atoms with Crippen LogP contribution in [0.4, 0.5) is 0 Å². The zero-order valence-corrected chi connectivity index (χ0v) is 9.69. The van der Waals surface area contributed by atoms with E-state index in [9.17, 15) is 8.42 Å². The van der Waals surface area contributed by atoms with Crippen LogP contribution in [0.25, 0.3) is 0 Å². The minimum absolute atomic E-state index is 0.0134. The first-order valence-corrected chi connectivity index (χ1v) is 6.80. The average molecular weight is 269 g/mol. The van der Waals surface area contributed by atoms with E-state index in [1.165, 1.54) is 6.07 Å². The lowest BCUT2D eigenvalue weighted by Crippen LogP contribution is -1.96. The Morgan fingerprint density at radius 3 is 2.67 bits per heavy atom. The number of fused-ring (bicyclic) bond motifs is 1. The summed E-state index contributed by atoms with van der Waals surface area (Å²) in [5.41, 5.74) is 0.611. The van der Waals surface area contributed by atoms with Gasteiger partial charge >= 0.3 is 0 Å². The van der Waals surface area contributed by atoms with Gasteiger partial charge in [-0.15, -0.1) is 11.6 Å². The SMILES string of the molecule is O=S(=O)(Cl)c1cc(CCl)cc2c1OCO2. The van der Waals surface area contributed by atoms with Crippen molar-refractivity contribution in [3.8, 4) is 11.5 Å². The van der Waals surface area contributed by atoms with Gasteiger partial charge in [0, 0.05) is 16.6 Å². The van der Waals surface area contributed by atoms with Crippen LogP contribution in [0.15, 0.2) is 17.0 Å². The second-order valence-corrected chi connectivity index (χ2v) is 5.70. The summed E-state index contributed by atoms with van der Waals surface area (Å²) >= 11 is 5.62. The number of hydrogen-bond donors (Lipinski definition) is 0. The molecule has 0 amide bonds. The van der Waals surface area contributed by atoms with Gasteiger partial charge in [-0.2, -0.15) is 0 Å². The predicted molar refractivity (Wildman–Crippen MR) is 55.2 cm³/mol. The lowest BCUT2D eigenvalue weighted by molar-refractivity contribution is 0.172. The predicted octanol–water partition coefficient (Wildman–Crippen LogP) is 2.08. The summed E-state index contributed by atoms with van der Waals surface area (Å²) in [5, 5.41) is 0. The molecule has 1 aliphatic heterocycles. The summed E-state index contributed by atoms with van der Waals surface area (Å²) in [5.74, 6) is 0.682. The van der Waals surface area contributed by atoms with Crippen LogP contribution in [0.3, 0.4) is 0 Å². The fourth-order valence-corrected chi connectivity index (χ4v) is 2.46. The lowest BCUT2D eigenvalue weighted by atomic mass is 10.2. The molecule has 0 fully saturated rings. The van der Waals surface area contributed by atoms with Gasteiger partial charge in [0.15, 0.2) is 11.5 Å². The monoisotopic (exact) mass is 268 g/mol. The van der Waals surface area contributed by atoms with Crippen molar-refractivity contribution < 1.29 is 17.9 Å².